The molecule has 2 nitrogen and oxygen atoms in total. The van der Waals surface area contributed by atoms with Crippen LogP contribution in [0.15, 0.2) is 12.7 Å². The minimum atomic E-state index is 0.817. The van der Waals surface area contributed by atoms with Crippen LogP contribution in [0.5, 0.6) is 0 Å². The van der Waals surface area contributed by atoms with Crippen LogP contribution in [0.4, 0.5) is 0 Å². The molecule has 0 saturated carbocycles. The third-order valence-corrected chi connectivity index (χ3v) is 4.22. The van der Waals surface area contributed by atoms with Crippen LogP contribution < -0.4 is 5.32 Å². The van der Waals surface area contributed by atoms with Crippen LogP contribution in [0, 0.1) is 0 Å². The van der Waals surface area contributed by atoms with Crippen LogP contribution in [0.25, 0.3) is 0 Å². The molecule has 2 atom stereocenters. The lowest BCUT2D eigenvalue weighted by atomic mass is 9.98. The molecule has 0 aliphatic carbocycles. The van der Waals surface area contributed by atoms with Crippen molar-refractivity contribution in [3.63, 3.8) is 0 Å². The summed E-state index contributed by atoms with van der Waals surface area (Å²) < 4.78 is 0. The van der Waals surface area contributed by atoms with Crippen molar-refractivity contribution >= 4 is 0 Å². The fourth-order valence-electron chi connectivity index (χ4n) is 3.36. The SMILES string of the molecule is C=CCCCN(CC)C1CC2CCC(C1)N2. The van der Waals surface area contributed by atoms with Crippen LogP contribution in [-0.2, 0) is 0 Å². The molecule has 0 spiro atoms. The molecular formula is C14H26N2. The van der Waals surface area contributed by atoms with E-state index in [2.05, 4.69) is 23.7 Å². The van der Waals surface area contributed by atoms with Gasteiger partial charge >= 0.3 is 0 Å². The first-order valence-corrected chi connectivity index (χ1v) is 6.94. The van der Waals surface area contributed by atoms with Gasteiger partial charge in [0, 0.05) is 18.1 Å². The lowest BCUT2D eigenvalue weighted by Crippen LogP contribution is -2.48. The number of rotatable bonds is 6. The molecule has 2 aliphatic heterocycles. The normalized spacial score (nSPS) is 33.2. The molecule has 0 aromatic rings. The Hall–Kier alpha value is -0.340. The molecule has 2 aliphatic rings. The Morgan fingerprint density at radius 2 is 2.00 bits per heavy atom. The van der Waals surface area contributed by atoms with Gasteiger partial charge in [0.05, 0.1) is 0 Å². The summed E-state index contributed by atoms with van der Waals surface area (Å²) in [5.41, 5.74) is 0. The highest BCUT2D eigenvalue weighted by Crippen LogP contribution is 2.29. The Labute approximate surface area is 100 Å². The topological polar surface area (TPSA) is 15.3 Å². The van der Waals surface area contributed by atoms with Gasteiger partial charge in [-0.3, -0.25) is 0 Å². The van der Waals surface area contributed by atoms with Crippen LogP contribution in [-0.4, -0.2) is 36.1 Å². The Morgan fingerprint density at radius 3 is 2.56 bits per heavy atom. The predicted octanol–water partition coefficient (Wildman–Crippen LogP) is 2.56. The lowest BCUT2D eigenvalue weighted by Gasteiger charge is -2.37. The van der Waals surface area contributed by atoms with E-state index in [4.69, 9.17) is 0 Å². The maximum absolute atomic E-state index is 3.80. The average Bonchev–Trinajstić information content (AvgIpc) is 2.64. The van der Waals surface area contributed by atoms with E-state index in [9.17, 15) is 0 Å². The van der Waals surface area contributed by atoms with Gasteiger partial charge in [-0.15, -0.1) is 6.58 Å². The number of piperidine rings is 1. The molecule has 2 saturated heterocycles. The number of unbranched alkanes of at least 4 members (excludes halogenated alkanes) is 1. The van der Waals surface area contributed by atoms with Gasteiger partial charge in [0.25, 0.3) is 0 Å². The highest BCUT2D eigenvalue weighted by molar-refractivity contribution is 4.95. The smallest absolute Gasteiger partial charge is 0.0125 e. The molecule has 92 valence electrons. The van der Waals surface area contributed by atoms with Crippen molar-refractivity contribution in [2.45, 2.75) is 63.6 Å². The highest BCUT2D eigenvalue weighted by atomic mass is 15.2. The summed E-state index contributed by atoms with van der Waals surface area (Å²) in [7, 11) is 0. The minimum Gasteiger partial charge on any atom is -0.311 e. The fourth-order valence-corrected chi connectivity index (χ4v) is 3.36. The van der Waals surface area contributed by atoms with Crippen molar-refractivity contribution in [1.82, 2.24) is 10.2 Å². The average molecular weight is 222 g/mol. The number of nitrogens with one attached hydrogen (secondary N) is 1. The number of hydrogen-bond acceptors (Lipinski definition) is 2. The van der Waals surface area contributed by atoms with Crippen LogP contribution in [0.2, 0.25) is 0 Å². The van der Waals surface area contributed by atoms with Crippen molar-refractivity contribution in [2.24, 2.45) is 0 Å². The Balaban J connectivity index is 1.81. The van der Waals surface area contributed by atoms with E-state index in [0.29, 0.717) is 0 Å². The molecule has 0 amide bonds. The predicted molar refractivity (Wildman–Crippen MR) is 69.6 cm³/mol. The second-order valence-electron chi connectivity index (χ2n) is 5.32. The van der Waals surface area contributed by atoms with Crippen LogP contribution >= 0.6 is 0 Å². The lowest BCUT2D eigenvalue weighted by molar-refractivity contribution is 0.147. The summed E-state index contributed by atoms with van der Waals surface area (Å²) in [5.74, 6) is 0. The summed E-state index contributed by atoms with van der Waals surface area (Å²) in [5, 5.41) is 3.72. The number of fused-ring (bicyclic) bond motifs is 2. The van der Waals surface area contributed by atoms with Gasteiger partial charge < -0.3 is 10.2 Å². The standard InChI is InChI=1S/C14H26N2/c1-3-5-6-9-16(4-2)14-10-12-7-8-13(11-14)15-12/h3,12-15H,1,4-11H2,2H3. The van der Waals surface area contributed by atoms with E-state index in [0.717, 1.165) is 24.5 Å². The molecule has 1 N–H and O–H groups in total. The van der Waals surface area contributed by atoms with Gasteiger partial charge in [-0.1, -0.05) is 13.0 Å². The number of hydrogen-bond donors (Lipinski definition) is 1. The van der Waals surface area contributed by atoms with Crippen LogP contribution in [0.3, 0.4) is 0 Å². The van der Waals surface area contributed by atoms with Gasteiger partial charge in [-0.05, 0) is 51.6 Å². The Bertz CT molecular complexity index is 215. The zero-order chi connectivity index (χ0) is 11.4. The third-order valence-electron chi connectivity index (χ3n) is 4.22. The van der Waals surface area contributed by atoms with Crippen molar-refractivity contribution in [3.05, 3.63) is 12.7 Å². The fraction of sp³-hybridized carbons (Fsp3) is 0.857. The van der Waals surface area contributed by atoms with Gasteiger partial charge in [-0.2, -0.15) is 0 Å². The molecule has 2 bridgehead atoms. The molecule has 0 radical (unpaired) electrons. The number of allylic oxidation sites excluding steroid dienone is 1. The molecule has 2 fully saturated rings. The van der Waals surface area contributed by atoms with Gasteiger partial charge in [0.2, 0.25) is 0 Å². The van der Waals surface area contributed by atoms with E-state index < -0.39 is 0 Å². The van der Waals surface area contributed by atoms with E-state index in [1.54, 1.807) is 0 Å². The van der Waals surface area contributed by atoms with E-state index in [1.165, 1.54) is 45.2 Å². The first-order chi connectivity index (χ1) is 7.83. The summed E-state index contributed by atoms with van der Waals surface area (Å²) in [4.78, 5) is 2.69. The molecule has 0 aromatic heterocycles. The van der Waals surface area contributed by atoms with Gasteiger partial charge in [0.15, 0.2) is 0 Å². The summed E-state index contributed by atoms with van der Waals surface area (Å²) in [6, 6.07) is 2.47. The largest absolute Gasteiger partial charge is 0.311 e. The molecule has 0 aromatic carbocycles. The number of nitrogens with zero attached hydrogens (tertiary/aromatic N) is 1. The monoisotopic (exact) mass is 222 g/mol. The molecule has 16 heavy (non-hydrogen) atoms. The third kappa shape index (κ3) is 2.86. The van der Waals surface area contributed by atoms with Gasteiger partial charge in [0.1, 0.15) is 0 Å². The zero-order valence-electron chi connectivity index (χ0n) is 10.6. The molecular weight excluding hydrogens is 196 g/mol. The van der Waals surface area contributed by atoms with E-state index >= 15 is 0 Å². The maximum atomic E-state index is 3.80. The van der Waals surface area contributed by atoms with Crippen molar-refractivity contribution in [2.75, 3.05) is 13.1 Å². The van der Waals surface area contributed by atoms with Crippen LogP contribution in [0.1, 0.15) is 45.4 Å². The van der Waals surface area contributed by atoms with Crippen molar-refractivity contribution in [1.29, 1.82) is 0 Å². The zero-order valence-corrected chi connectivity index (χ0v) is 10.6. The molecule has 2 unspecified atom stereocenters. The summed E-state index contributed by atoms with van der Waals surface area (Å²) in [6.07, 6.45) is 10.0. The quantitative estimate of drug-likeness (QED) is 0.549. The Kier molecular flexibility index (Phi) is 4.42. The second kappa shape index (κ2) is 5.83. The minimum absolute atomic E-state index is 0.817. The van der Waals surface area contributed by atoms with Crippen molar-refractivity contribution < 1.29 is 0 Å². The summed E-state index contributed by atoms with van der Waals surface area (Å²) in [6.45, 7) is 8.57. The van der Waals surface area contributed by atoms with E-state index in [-0.39, 0.29) is 0 Å². The van der Waals surface area contributed by atoms with E-state index in [1.807, 2.05) is 6.08 Å². The van der Waals surface area contributed by atoms with Gasteiger partial charge in [-0.25, -0.2) is 0 Å². The first-order valence-electron chi connectivity index (χ1n) is 6.94. The maximum Gasteiger partial charge on any atom is 0.0125 e. The molecule has 2 heteroatoms. The Morgan fingerprint density at radius 1 is 1.31 bits per heavy atom. The van der Waals surface area contributed by atoms with Crippen molar-refractivity contribution in [3.8, 4) is 0 Å². The summed E-state index contributed by atoms with van der Waals surface area (Å²) >= 11 is 0. The molecule has 2 rings (SSSR count). The molecule has 2 heterocycles. The second-order valence-corrected chi connectivity index (χ2v) is 5.32. The first kappa shape index (κ1) is 12.1. The highest BCUT2D eigenvalue weighted by Gasteiger charge is 2.35.